The standard InChI is InChI=1S/C21H22FN5O/c1-26(2)19-11-10-14(12-23-19)13-24-21(28)20-15-6-5-9-17(15)27(25-20)18-8-4-3-7-16(18)22/h3-4,7-8,10-12H,5-6,9,13H2,1-2H3,(H,24,28). The lowest BCUT2D eigenvalue weighted by Gasteiger charge is -2.11. The van der Waals surface area contributed by atoms with Gasteiger partial charge in [0, 0.05) is 38.1 Å². The molecule has 6 nitrogen and oxygen atoms in total. The maximum Gasteiger partial charge on any atom is 0.272 e. The number of carbonyl (C=O) groups excluding carboxylic acids is 1. The first kappa shape index (κ1) is 18.2. The third kappa shape index (κ3) is 3.35. The Balaban J connectivity index is 1.55. The number of nitrogens with zero attached hydrogens (tertiary/aromatic N) is 4. The Morgan fingerprint density at radius 1 is 1.21 bits per heavy atom. The van der Waals surface area contributed by atoms with E-state index in [0.29, 0.717) is 17.9 Å². The molecule has 2 heterocycles. The van der Waals surface area contributed by atoms with Crippen LogP contribution in [-0.2, 0) is 19.4 Å². The van der Waals surface area contributed by atoms with E-state index in [1.54, 1.807) is 29.1 Å². The number of para-hydroxylation sites is 1. The molecular formula is C21H22FN5O. The quantitative estimate of drug-likeness (QED) is 0.740. The van der Waals surface area contributed by atoms with Gasteiger partial charge in [-0.15, -0.1) is 0 Å². The summed E-state index contributed by atoms with van der Waals surface area (Å²) in [5.74, 6) is 0.264. The molecule has 144 valence electrons. The Hall–Kier alpha value is -3.22. The number of benzene rings is 1. The number of pyridine rings is 1. The molecule has 1 amide bonds. The van der Waals surface area contributed by atoms with Crippen LogP contribution in [0, 0.1) is 5.82 Å². The molecule has 0 spiro atoms. The second-order valence-corrected chi connectivity index (χ2v) is 7.09. The van der Waals surface area contributed by atoms with Crippen LogP contribution in [-0.4, -0.2) is 34.8 Å². The van der Waals surface area contributed by atoms with E-state index in [1.807, 2.05) is 31.1 Å². The molecule has 0 radical (unpaired) electrons. The normalized spacial score (nSPS) is 12.7. The molecule has 0 saturated carbocycles. The number of carbonyl (C=O) groups is 1. The van der Waals surface area contributed by atoms with Gasteiger partial charge in [-0.1, -0.05) is 18.2 Å². The largest absolute Gasteiger partial charge is 0.363 e. The predicted octanol–water partition coefficient (Wildman–Crippen LogP) is 2.89. The van der Waals surface area contributed by atoms with Gasteiger partial charge in [-0.25, -0.2) is 14.1 Å². The molecular weight excluding hydrogens is 357 g/mol. The number of halogens is 1. The monoisotopic (exact) mass is 379 g/mol. The number of rotatable bonds is 5. The van der Waals surface area contributed by atoms with E-state index in [-0.39, 0.29) is 11.7 Å². The molecule has 0 aliphatic heterocycles. The average molecular weight is 379 g/mol. The lowest BCUT2D eigenvalue weighted by atomic mass is 10.2. The van der Waals surface area contributed by atoms with Crippen molar-refractivity contribution in [3.05, 3.63) is 70.9 Å². The van der Waals surface area contributed by atoms with Crippen molar-refractivity contribution in [1.82, 2.24) is 20.1 Å². The van der Waals surface area contributed by atoms with Gasteiger partial charge in [-0.3, -0.25) is 4.79 Å². The highest BCUT2D eigenvalue weighted by atomic mass is 19.1. The predicted molar refractivity (Wildman–Crippen MR) is 105 cm³/mol. The van der Waals surface area contributed by atoms with Crippen molar-refractivity contribution in [3.8, 4) is 5.69 Å². The number of hydrogen-bond donors (Lipinski definition) is 1. The number of aromatic nitrogens is 3. The molecule has 1 aliphatic carbocycles. The van der Waals surface area contributed by atoms with E-state index < -0.39 is 0 Å². The Bertz CT molecular complexity index is 1010. The number of anilines is 1. The van der Waals surface area contributed by atoms with Gasteiger partial charge < -0.3 is 10.2 Å². The minimum Gasteiger partial charge on any atom is -0.363 e. The molecule has 3 aromatic rings. The van der Waals surface area contributed by atoms with Crippen LogP contribution in [0.5, 0.6) is 0 Å². The van der Waals surface area contributed by atoms with Crippen LogP contribution in [0.25, 0.3) is 5.69 Å². The topological polar surface area (TPSA) is 63.1 Å². The zero-order valence-electron chi connectivity index (χ0n) is 15.9. The number of amides is 1. The first-order valence-electron chi connectivity index (χ1n) is 9.30. The van der Waals surface area contributed by atoms with E-state index in [4.69, 9.17) is 0 Å². The lowest BCUT2D eigenvalue weighted by molar-refractivity contribution is 0.0944. The fourth-order valence-electron chi connectivity index (χ4n) is 3.49. The van der Waals surface area contributed by atoms with Gasteiger partial charge in [0.1, 0.15) is 17.3 Å². The molecule has 0 fully saturated rings. The lowest BCUT2D eigenvalue weighted by Crippen LogP contribution is -2.24. The number of fused-ring (bicyclic) bond motifs is 1. The second kappa shape index (κ2) is 7.42. The van der Waals surface area contributed by atoms with Crippen molar-refractivity contribution in [2.75, 3.05) is 19.0 Å². The molecule has 1 N–H and O–H groups in total. The van der Waals surface area contributed by atoms with E-state index in [1.165, 1.54) is 6.07 Å². The smallest absolute Gasteiger partial charge is 0.272 e. The third-order valence-electron chi connectivity index (χ3n) is 4.95. The van der Waals surface area contributed by atoms with Crippen molar-refractivity contribution < 1.29 is 9.18 Å². The van der Waals surface area contributed by atoms with Crippen molar-refractivity contribution in [2.24, 2.45) is 0 Å². The van der Waals surface area contributed by atoms with Crippen LogP contribution in [0.4, 0.5) is 10.2 Å². The van der Waals surface area contributed by atoms with Gasteiger partial charge in [0.2, 0.25) is 0 Å². The molecule has 0 atom stereocenters. The summed E-state index contributed by atoms with van der Waals surface area (Å²) in [6.07, 6.45) is 4.27. The highest BCUT2D eigenvalue weighted by molar-refractivity contribution is 5.94. The number of nitrogens with one attached hydrogen (secondary N) is 1. The summed E-state index contributed by atoms with van der Waals surface area (Å²) >= 11 is 0. The summed E-state index contributed by atoms with van der Waals surface area (Å²) in [4.78, 5) is 19.0. The minimum atomic E-state index is -0.348. The second-order valence-electron chi connectivity index (χ2n) is 7.09. The van der Waals surface area contributed by atoms with Crippen molar-refractivity contribution in [2.45, 2.75) is 25.8 Å². The van der Waals surface area contributed by atoms with Crippen molar-refractivity contribution in [3.63, 3.8) is 0 Å². The highest BCUT2D eigenvalue weighted by Crippen LogP contribution is 2.28. The summed E-state index contributed by atoms with van der Waals surface area (Å²) in [5.41, 5.74) is 3.51. The molecule has 28 heavy (non-hydrogen) atoms. The van der Waals surface area contributed by atoms with Gasteiger partial charge >= 0.3 is 0 Å². The molecule has 1 aromatic carbocycles. The maximum absolute atomic E-state index is 14.2. The third-order valence-corrected chi connectivity index (χ3v) is 4.95. The SMILES string of the molecule is CN(C)c1ccc(CNC(=O)c2nn(-c3ccccc3F)c3c2CCC3)cn1. The van der Waals surface area contributed by atoms with Gasteiger partial charge in [0.05, 0.1) is 0 Å². The Labute approximate surface area is 163 Å². The van der Waals surface area contributed by atoms with Crippen LogP contribution in [0.15, 0.2) is 42.6 Å². The zero-order valence-corrected chi connectivity index (χ0v) is 15.9. The highest BCUT2D eigenvalue weighted by Gasteiger charge is 2.27. The number of hydrogen-bond acceptors (Lipinski definition) is 4. The van der Waals surface area contributed by atoms with Crippen LogP contribution in [0.3, 0.4) is 0 Å². The summed E-state index contributed by atoms with van der Waals surface area (Å²) in [7, 11) is 3.85. The molecule has 4 rings (SSSR count). The Morgan fingerprint density at radius 2 is 2.04 bits per heavy atom. The van der Waals surface area contributed by atoms with Crippen LogP contribution >= 0.6 is 0 Å². The van der Waals surface area contributed by atoms with E-state index >= 15 is 0 Å². The summed E-state index contributed by atoms with van der Waals surface area (Å²) in [5, 5.41) is 7.37. The Kier molecular flexibility index (Phi) is 4.81. The molecule has 0 saturated heterocycles. The maximum atomic E-state index is 14.2. The average Bonchev–Trinajstić information content (AvgIpc) is 3.30. The molecule has 0 bridgehead atoms. The molecule has 1 aliphatic rings. The first-order valence-corrected chi connectivity index (χ1v) is 9.30. The van der Waals surface area contributed by atoms with Gasteiger partial charge in [0.15, 0.2) is 5.69 Å². The summed E-state index contributed by atoms with van der Waals surface area (Å²) in [6.45, 7) is 0.362. The van der Waals surface area contributed by atoms with Crippen LogP contribution in [0.1, 0.15) is 33.7 Å². The van der Waals surface area contributed by atoms with Crippen molar-refractivity contribution >= 4 is 11.7 Å². The fraction of sp³-hybridized carbons (Fsp3) is 0.286. The van der Waals surface area contributed by atoms with E-state index in [0.717, 1.165) is 41.9 Å². The van der Waals surface area contributed by atoms with Gasteiger partial charge in [-0.2, -0.15) is 5.10 Å². The minimum absolute atomic E-state index is 0.245. The molecule has 2 aromatic heterocycles. The summed E-state index contributed by atoms with van der Waals surface area (Å²) < 4.78 is 15.8. The van der Waals surface area contributed by atoms with Crippen molar-refractivity contribution in [1.29, 1.82) is 0 Å². The van der Waals surface area contributed by atoms with Crippen LogP contribution < -0.4 is 10.2 Å². The van der Waals surface area contributed by atoms with E-state index in [2.05, 4.69) is 15.4 Å². The van der Waals surface area contributed by atoms with Gasteiger partial charge in [0.25, 0.3) is 5.91 Å². The molecule has 7 heteroatoms. The summed E-state index contributed by atoms with van der Waals surface area (Å²) in [6, 6.07) is 10.3. The van der Waals surface area contributed by atoms with Crippen LogP contribution in [0.2, 0.25) is 0 Å². The first-order chi connectivity index (χ1) is 13.5. The zero-order chi connectivity index (χ0) is 19.7. The Morgan fingerprint density at radius 3 is 2.75 bits per heavy atom. The van der Waals surface area contributed by atoms with Gasteiger partial charge in [-0.05, 0) is 43.0 Å². The molecule has 0 unspecified atom stereocenters. The van der Waals surface area contributed by atoms with E-state index in [9.17, 15) is 9.18 Å². The fourth-order valence-corrected chi connectivity index (χ4v) is 3.49.